The number of rotatable bonds is 5. The van der Waals surface area contributed by atoms with Crippen LogP contribution in [-0.2, 0) is 0 Å². The lowest BCUT2D eigenvalue weighted by Crippen LogP contribution is -2.41. The highest BCUT2D eigenvalue weighted by atomic mass is 35.5. The highest BCUT2D eigenvalue weighted by molar-refractivity contribution is 6.33. The molecule has 100 valence electrons. The zero-order chi connectivity index (χ0) is 13.5. The largest absolute Gasteiger partial charge is 0.396 e. The molecule has 0 saturated carbocycles. The first-order valence-corrected chi connectivity index (χ1v) is 6.35. The summed E-state index contributed by atoms with van der Waals surface area (Å²) < 4.78 is 0. The Morgan fingerprint density at radius 1 is 1.39 bits per heavy atom. The second-order valence-electron chi connectivity index (χ2n) is 4.44. The van der Waals surface area contributed by atoms with Gasteiger partial charge in [-0.05, 0) is 24.5 Å². The number of aliphatic hydroxyl groups excluding tert-OH is 1. The number of aliphatic hydroxyl groups is 1. The number of hydrogen-bond acceptors (Lipinski definition) is 2. The molecular weight excluding hydrogens is 252 g/mol. The van der Waals surface area contributed by atoms with E-state index < -0.39 is 0 Å². The molecule has 0 aliphatic rings. The van der Waals surface area contributed by atoms with Gasteiger partial charge in [0, 0.05) is 12.6 Å². The number of hydrogen-bond donors (Lipinski definition) is 3. The zero-order valence-electron chi connectivity index (χ0n) is 10.6. The van der Waals surface area contributed by atoms with E-state index in [2.05, 4.69) is 10.6 Å². The van der Waals surface area contributed by atoms with Crippen LogP contribution < -0.4 is 10.6 Å². The minimum absolute atomic E-state index is 0.0508. The van der Waals surface area contributed by atoms with Crippen molar-refractivity contribution in [2.45, 2.75) is 26.3 Å². The Labute approximate surface area is 112 Å². The van der Waals surface area contributed by atoms with Crippen molar-refractivity contribution in [3.63, 3.8) is 0 Å². The Morgan fingerprint density at radius 2 is 2.06 bits per heavy atom. The van der Waals surface area contributed by atoms with Gasteiger partial charge in [-0.1, -0.05) is 37.6 Å². The molecular formula is C13H19ClN2O2. The van der Waals surface area contributed by atoms with Crippen molar-refractivity contribution >= 4 is 23.3 Å². The molecule has 5 heteroatoms. The third-order valence-corrected chi connectivity index (χ3v) is 3.01. The summed E-state index contributed by atoms with van der Waals surface area (Å²) in [6.07, 6.45) is 0.535. The number of anilines is 1. The first-order valence-electron chi connectivity index (χ1n) is 5.97. The quantitative estimate of drug-likeness (QED) is 0.770. The van der Waals surface area contributed by atoms with E-state index in [0.717, 1.165) is 0 Å². The summed E-state index contributed by atoms with van der Waals surface area (Å²) >= 11 is 5.95. The van der Waals surface area contributed by atoms with Crippen LogP contribution in [0.1, 0.15) is 20.3 Å². The second-order valence-corrected chi connectivity index (χ2v) is 4.85. The molecule has 1 unspecified atom stereocenters. The van der Waals surface area contributed by atoms with Gasteiger partial charge in [-0.2, -0.15) is 0 Å². The van der Waals surface area contributed by atoms with Gasteiger partial charge in [0.15, 0.2) is 0 Å². The van der Waals surface area contributed by atoms with Crippen molar-refractivity contribution < 1.29 is 9.90 Å². The van der Waals surface area contributed by atoms with E-state index in [-0.39, 0.29) is 24.6 Å². The molecule has 1 aromatic carbocycles. The maximum Gasteiger partial charge on any atom is 0.319 e. The molecule has 0 heterocycles. The molecule has 2 amide bonds. The van der Waals surface area contributed by atoms with Gasteiger partial charge in [0.05, 0.1) is 10.7 Å². The van der Waals surface area contributed by atoms with Crippen LogP contribution in [0.15, 0.2) is 24.3 Å². The number of carbonyl (C=O) groups is 1. The Bertz CT molecular complexity index is 396. The van der Waals surface area contributed by atoms with E-state index in [0.29, 0.717) is 17.1 Å². The van der Waals surface area contributed by atoms with Crippen molar-refractivity contribution in [2.75, 3.05) is 11.9 Å². The molecule has 3 N–H and O–H groups in total. The molecule has 4 nitrogen and oxygen atoms in total. The molecule has 0 fully saturated rings. The monoisotopic (exact) mass is 270 g/mol. The maximum atomic E-state index is 11.8. The van der Waals surface area contributed by atoms with Crippen LogP contribution in [0.3, 0.4) is 0 Å². The minimum Gasteiger partial charge on any atom is -0.396 e. The van der Waals surface area contributed by atoms with Crippen LogP contribution in [0.4, 0.5) is 10.5 Å². The first kappa shape index (κ1) is 14.8. The lowest BCUT2D eigenvalue weighted by atomic mass is 10.0. The maximum absolute atomic E-state index is 11.8. The van der Waals surface area contributed by atoms with Crippen molar-refractivity contribution in [2.24, 2.45) is 5.92 Å². The van der Waals surface area contributed by atoms with Crippen molar-refractivity contribution in [1.29, 1.82) is 0 Å². The Kier molecular flexibility index (Phi) is 5.95. The molecule has 0 spiro atoms. The third kappa shape index (κ3) is 4.55. The normalized spacial score (nSPS) is 12.3. The molecule has 0 saturated heterocycles. The van der Waals surface area contributed by atoms with Crippen LogP contribution in [0.5, 0.6) is 0 Å². The Balaban J connectivity index is 2.58. The second kappa shape index (κ2) is 7.24. The fourth-order valence-corrected chi connectivity index (χ4v) is 1.78. The van der Waals surface area contributed by atoms with Crippen LogP contribution in [-0.4, -0.2) is 23.8 Å². The van der Waals surface area contributed by atoms with Gasteiger partial charge in [-0.3, -0.25) is 0 Å². The van der Waals surface area contributed by atoms with E-state index >= 15 is 0 Å². The zero-order valence-corrected chi connectivity index (χ0v) is 11.4. The first-order chi connectivity index (χ1) is 8.54. The summed E-state index contributed by atoms with van der Waals surface area (Å²) in [6, 6.07) is 6.68. The number of amides is 2. The molecule has 18 heavy (non-hydrogen) atoms. The van der Waals surface area contributed by atoms with Crippen molar-refractivity contribution in [3.05, 3.63) is 29.3 Å². The van der Waals surface area contributed by atoms with Gasteiger partial charge >= 0.3 is 6.03 Å². The van der Waals surface area contributed by atoms with Crippen LogP contribution in [0, 0.1) is 5.92 Å². The minimum atomic E-state index is -0.310. The highest BCUT2D eigenvalue weighted by Crippen LogP contribution is 2.20. The standard InChI is InChI=1S/C13H19ClN2O2/c1-9(2)11(7-8-17)15-13(18)16-12-6-4-3-5-10(12)14/h3-6,9,11,17H,7-8H2,1-2H3,(H2,15,16,18). The fourth-order valence-electron chi connectivity index (χ4n) is 1.60. The van der Waals surface area contributed by atoms with Crippen LogP contribution in [0.2, 0.25) is 5.02 Å². The van der Waals surface area contributed by atoms with Crippen LogP contribution in [0.25, 0.3) is 0 Å². The average molecular weight is 271 g/mol. The van der Waals surface area contributed by atoms with Gasteiger partial charge in [0.2, 0.25) is 0 Å². The average Bonchev–Trinajstić information content (AvgIpc) is 2.31. The van der Waals surface area contributed by atoms with Gasteiger partial charge in [0.25, 0.3) is 0 Å². The highest BCUT2D eigenvalue weighted by Gasteiger charge is 2.15. The summed E-state index contributed by atoms with van der Waals surface area (Å²) in [6.45, 7) is 4.04. The summed E-state index contributed by atoms with van der Waals surface area (Å²) in [5.41, 5.74) is 0.572. The summed E-state index contributed by atoms with van der Waals surface area (Å²) in [7, 11) is 0. The predicted octanol–water partition coefficient (Wildman–Crippen LogP) is 2.87. The van der Waals surface area contributed by atoms with E-state index in [4.69, 9.17) is 16.7 Å². The van der Waals surface area contributed by atoms with Crippen molar-refractivity contribution in [1.82, 2.24) is 5.32 Å². The SMILES string of the molecule is CC(C)C(CCO)NC(=O)Nc1ccccc1Cl. The molecule has 1 aromatic rings. The number of carbonyl (C=O) groups excluding carboxylic acids is 1. The number of urea groups is 1. The molecule has 1 atom stereocenters. The smallest absolute Gasteiger partial charge is 0.319 e. The molecule has 0 radical (unpaired) electrons. The van der Waals surface area contributed by atoms with Gasteiger partial charge in [-0.15, -0.1) is 0 Å². The van der Waals surface area contributed by atoms with Gasteiger partial charge < -0.3 is 15.7 Å². The molecule has 0 aromatic heterocycles. The van der Waals surface area contributed by atoms with Gasteiger partial charge in [0.1, 0.15) is 0 Å². The van der Waals surface area contributed by atoms with E-state index in [1.54, 1.807) is 24.3 Å². The summed E-state index contributed by atoms with van der Waals surface area (Å²) in [5, 5.41) is 15.0. The summed E-state index contributed by atoms with van der Waals surface area (Å²) in [4.78, 5) is 11.8. The lowest BCUT2D eigenvalue weighted by molar-refractivity contribution is 0.227. The third-order valence-electron chi connectivity index (χ3n) is 2.68. The van der Waals surface area contributed by atoms with Crippen LogP contribution >= 0.6 is 11.6 Å². The summed E-state index contributed by atoms with van der Waals surface area (Å²) in [5.74, 6) is 0.258. The van der Waals surface area contributed by atoms with E-state index in [1.165, 1.54) is 0 Å². The number of benzene rings is 1. The molecule has 0 aliphatic heterocycles. The molecule has 0 bridgehead atoms. The topological polar surface area (TPSA) is 61.4 Å². The van der Waals surface area contributed by atoms with E-state index in [9.17, 15) is 4.79 Å². The van der Waals surface area contributed by atoms with E-state index in [1.807, 2.05) is 13.8 Å². The lowest BCUT2D eigenvalue weighted by Gasteiger charge is -2.21. The predicted molar refractivity (Wildman–Crippen MR) is 73.9 cm³/mol. The van der Waals surface area contributed by atoms with Gasteiger partial charge in [-0.25, -0.2) is 4.79 Å². The number of para-hydroxylation sites is 1. The Morgan fingerprint density at radius 3 is 2.61 bits per heavy atom. The molecule has 1 rings (SSSR count). The number of halogens is 1. The Hall–Kier alpha value is -1.26. The molecule has 0 aliphatic carbocycles. The fraction of sp³-hybridized carbons (Fsp3) is 0.462. The van der Waals surface area contributed by atoms with Crippen molar-refractivity contribution in [3.8, 4) is 0 Å². The number of nitrogens with one attached hydrogen (secondary N) is 2.